The van der Waals surface area contributed by atoms with E-state index in [2.05, 4.69) is 22.2 Å². The minimum Gasteiger partial charge on any atom is -0.477 e. The molecular formula is C13H16N2O2S2. The van der Waals surface area contributed by atoms with Gasteiger partial charge in [-0.3, -0.25) is 4.90 Å². The molecule has 2 aromatic rings. The van der Waals surface area contributed by atoms with Gasteiger partial charge in [0.15, 0.2) is 0 Å². The lowest BCUT2D eigenvalue weighted by molar-refractivity contribution is 0.0700. The molecule has 1 N–H and O–H groups in total. The van der Waals surface area contributed by atoms with Crippen LogP contribution >= 0.6 is 22.7 Å². The highest BCUT2D eigenvalue weighted by Gasteiger charge is 2.13. The van der Waals surface area contributed by atoms with Crippen LogP contribution in [0.25, 0.3) is 0 Å². The summed E-state index contributed by atoms with van der Waals surface area (Å²) in [5.41, 5.74) is 1.92. The zero-order chi connectivity index (χ0) is 13.8. The third kappa shape index (κ3) is 3.62. The van der Waals surface area contributed by atoms with Gasteiger partial charge >= 0.3 is 5.97 Å². The molecule has 0 aliphatic rings. The molecule has 102 valence electrons. The molecule has 0 aromatic carbocycles. The van der Waals surface area contributed by atoms with Crippen molar-refractivity contribution in [2.45, 2.75) is 26.4 Å². The lowest BCUT2D eigenvalue weighted by Gasteiger charge is -2.14. The number of thiazole rings is 1. The molecule has 0 unspecified atom stereocenters. The minimum atomic E-state index is -0.847. The van der Waals surface area contributed by atoms with Crippen LogP contribution in [0.15, 0.2) is 16.8 Å². The maximum atomic E-state index is 11.0. The monoisotopic (exact) mass is 296 g/mol. The van der Waals surface area contributed by atoms with Crippen LogP contribution in [-0.4, -0.2) is 28.0 Å². The van der Waals surface area contributed by atoms with E-state index in [-0.39, 0.29) is 0 Å². The minimum absolute atomic E-state index is 0.430. The van der Waals surface area contributed by atoms with Gasteiger partial charge in [-0.15, -0.1) is 22.7 Å². The number of nitrogens with zero attached hydrogens (tertiary/aromatic N) is 2. The summed E-state index contributed by atoms with van der Waals surface area (Å²) in [6, 6.07) is 1.88. The van der Waals surface area contributed by atoms with Crippen LogP contribution in [-0.2, 0) is 19.5 Å². The van der Waals surface area contributed by atoms with Crippen LogP contribution < -0.4 is 0 Å². The van der Waals surface area contributed by atoms with Crippen LogP contribution in [0, 0.1) is 0 Å². The SMILES string of the molecule is CCc1nc(CN(C)Cc2ccsc2C(=O)O)cs1. The molecule has 0 spiro atoms. The van der Waals surface area contributed by atoms with Gasteiger partial charge in [0.25, 0.3) is 0 Å². The largest absolute Gasteiger partial charge is 0.477 e. The van der Waals surface area contributed by atoms with E-state index in [1.807, 2.05) is 18.5 Å². The Morgan fingerprint density at radius 1 is 1.42 bits per heavy atom. The summed E-state index contributed by atoms with van der Waals surface area (Å²) in [5, 5.41) is 14.1. The van der Waals surface area contributed by atoms with Gasteiger partial charge < -0.3 is 5.11 Å². The van der Waals surface area contributed by atoms with Crippen molar-refractivity contribution >= 4 is 28.6 Å². The predicted octanol–water partition coefficient (Wildman–Crippen LogP) is 3.10. The standard InChI is InChI=1S/C13H16N2O2S2/c1-3-11-14-10(8-19-11)7-15(2)6-9-4-5-18-12(9)13(16)17/h4-5,8H,3,6-7H2,1-2H3,(H,16,17). The van der Waals surface area contributed by atoms with Crippen molar-refractivity contribution in [1.82, 2.24) is 9.88 Å². The second kappa shape index (κ2) is 6.27. The number of carboxylic acids is 1. The Hall–Kier alpha value is -1.24. The summed E-state index contributed by atoms with van der Waals surface area (Å²) in [6.07, 6.45) is 0.960. The summed E-state index contributed by atoms with van der Waals surface area (Å²) < 4.78 is 0. The maximum absolute atomic E-state index is 11.0. The fourth-order valence-electron chi connectivity index (χ4n) is 1.86. The van der Waals surface area contributed by atoms with E-state index >= 15 is 0 Å². The lowest BCUT2D eigenvalue weighted by Crippen LogP contribution is -2.18. The van der Waals surface area contributed by atoms with Crippen molar-refractivity contribution in [3.8, 4) is 0 Å². The van der Waals surface area contributed by atoms with Crippen LogP contribution in [0.1, 0.15) is 32.9 Å². The average molecular weight is 296 g/mol. The molecule has 6 heteroatoms. The molecule has 0 amide bonds. The van der Waals surface area contributed by atoms with Gasteiger partial charge in [-0.2, -0.15) is 0 Å². The molecule has 2 aromatic heterocycles. The highest BCUT2D eigenvalue weighted by molar-refractivity contribution is 7.12. The van der Waals surface area contributed by atoms with Gasteiger partial charge in [-0.25, -0.2) is 9.78 Å². The number of carbonyl (C=O) groups is 1. The number of rotatable bonds is 6. The highest BCUT2D eigenvalue weighted by Crippen LogP contribution is 2.19. The first kappa shape index (κ1) is 14.2. The van der Waals surface area contributed by atoms with Crippen molar-refractivity contribution < 1.29 is 9.90 Å². The molecule has 2 rings (SSSR count). The van der Waals surface area contributed by atoms with E-state index in [1.54, 1.807) is 11.3 Å². The first-order valence-electron chi connectivity index (χ1n) is 6.01. The second-order valence-corrected chi connectivity index (χ2v) is 6.20. The number of hydrogen-bond donors (Lipinski definition) is 1. The summed E-state index contributed by atoms with van der Waals surface area (Å²) in [5.74, 6) is -0.847. The van der Waals surface area contributed by atoms with E-state index in [1.165, 1.54) is 11.3 Å². The molecule has 19 heavy (non-hydrogen) atoms. The maximum Gasteiger partial charge on any atom is 0.346 e. The Kier molecular flexibility index (Phi) is 4.68. The number of hydrogen-bond acceptors (Lipinski definition) is 5. The van der Waals surface area contributed by atoms with Gasteiger partial charge in [-0.05, 0) is 30.5 Å². The third-order valence-electron chi connectivity index (χ3n) is 2.71. The molecular weight excluding hydrogens is 280 g/mol. The summed E-state index contributed by atoms with van der Waals surface area (Å²) >= 11 is 2.95. The van der Waals surface area contributed by atoms with Crippen LogP contribution in [0.4, 0.5) is 0 Å². The topological polar surface area (TPSA) is 53.4 Å². The second-order valence-electron chi connectivity index (χ2n) is 4.34. The quantitative estimate of drug-likeness (QED) is 0.890. The van der Waals surface area contributed by atoms with Crippen molar-refractivity contribution in [2.75, 3.05) is 7.05 Å². The molecule has 0 atom stereocenters. The first-order chi connectivity index (χ1) is 9.10. The van der Waals surface area contributed by atoms with Gasteiger partial charge in [0.1, 0.15) is 4.88 Å². The third-order valence-corrected chi connectivity index (χ3v) is 4.70. The van der Waals surface area contributed by atoms with Gasteiger partial charge in [0.2, 0.25) is 0 Å². The Labute approximate surface area is 120 Å². The molecule has 0 bridgehead atoms. The molecule has 0 fully saturated rings. The van der Waals surface area contributed by atoms with Gasteiger partial charge in [-0.1, -0.05) is 6.92 Å². The average Bonchev–Trinajstić information content (AvgIpc) is 2.97. The lowest BCUT2D eigenvalue weighted by atomic mass is 10.2. The van der Waals surface area contributed by atoms with Crippen LogP contribution in [0.2, 0.25) is 0 Å². The van der Waals surface area contributed by atoms with Crippen molar-refractivity contribution in [2.24, 2.45) is 0 Å². The van der Waals surface area contributed by atoms with E-state index in [4.69, 9.17) is 5.11 Å². The number of aromatic carboxylic acids is 1. The van der Waals surface area contributed by atoms with Gasteiger partial charge in [0, 0.05) is 18.5 Å². The Bertz CT molecular complexity index is 562. The number of carboxylic acid groups (broad SMARTS) is 1. The zero-order valence-corrected chi connectivity index (χ0v) is 12.6. The Balaban J connectivity index is 1.99. The molecule has 0 saturated heterocycles. The van der Waals surface area contributed by atoms with E-state index in [9.17, 15) is 4.79 Å². The highest BCUT2D eigenvalue weighted by atomic mass is 32.1. The Morgan fingerprint density at radius 2 is 2.21 bits per heavy atom. The first-order valence-corrected chi connectivity index (χ1v) is 7.77. The Morgan fingerprint density at radius 3 is 2.84 bits per heavy atom. The zero-order valence-electron chi connectivity index (χ0n) is 10.9. The fourth-order valence-corrected chi connectivity index (χ4v) is 3.34. The van der Waals surface area contributed by atoms with Crippen molar-refractivity contribution in [3.05, 3.63) is 38.0 Å². The van der Waals surface area contributed by atoms with Crippen LogP contribution in [0.3, 0.4) is 0 Å². The van der Waals surface area contributed by atoms with Crippen LogP contribution in [0.5, 0.6) is 0 Å². The van der Waals surface area contributed by atoms with E-state index in [0.717, 1.165) is 29.2 Å². The summed E-state index contributed by atoms with van der Waals surface area (Å²) in [6.45, 7) is 3.46. The predicted molar refractivity (Wildman–Crippen MR) is 77.9 cm³/mol. The number of aryl methyl sites for hydroxylation is 1. The number of aromatic nitrogens is 1. The number of thiophene rings is 1. The smallest absolute Gasteiger partial charge is 0.346 e. The van der Waals surface area contributed by atoms with Gasteiger partial charge in [0.05, 0.1) is 10.7 Å². The fraction of sp³-hybridized carbons (Fsp3) is 0.385. The molecule has 2 heterocycles. The van der Waals surface area contributed by atoms with Crippen molar-refractivity contribution in [1.29, 1.82) is 0 Å². The molecule has 0 aliphatic heterocycles. The van der Waals surface area contributed by atoms with E-state index in [0.29, 0.717) is 11.4 Å². The van der Waals surface area contributed by atoms with E-state index < -0.39 is 5.97 Å². The normalized spacial score (nSPS) is 11.1. The summed E-state index contributed by atoms with van der Waals surface area (Å²) in [7, 11) is 1.98. The molecule has 0 aliphatic carbocycles. The summed E-state index contributed by atoms with van der Waals surface area (Å²) in [4.78, 5) is 18.1. The molecule has 4 nitrogen and oxygen atoms in total. The molecule has 0 radical (unpaired) electrons. The van der Waals surface area contributed by atoms with Crippen molar-refractivity contribution in [3.63, 3.8) is 0 Å². The molecule has 0 saturated carbocycles.